The molecule has 0 aliphatic carbocycles. The third-order valence-electron chi connectivity index (χ3n) is 4.33. The molecule has 0 amide bonds. The number of methoxy groups -OCH3 is 2. The molecule has 6 heteroatoms. The summed E-state index contributed by atoms with van der Waals surface area (Å²) < 4.78 is 16.6. The minimum Gasteiger partial charge on any atom is -1.00 e. The molecule has 29 heavy (non-hydrogen) atoms. The monoisotopic (exact) mass is 432 g/mol. The fourth-order valence-electron chi connectivity index (χ4n) is 2.82. The van der Waals surface area contributed by atoms with Crippen molar-refractivity contribution in [1.82, 2.24) is 5.32 Å². The maximum atomic E-state index is 6.02. The molecule has 0 saturated carbocycles. The summed E-state index contributed by atoms with van der Waals surface area (Å²) in [4.78, 5) is 0. The Labute approximate surface area is 183 Å². The summed E-state index contributed by atoms with van der Waals surface area (Å²) in [5.74, 6) is 2.29. The van der Waals surface area contributed by atoms with E-state index in [1.54, 1.807) is 14.2 Å². The second kappa shape index (κ2) is 11.6. The highest BCUT2D eigenvalue weighted by atomic mass is 35.5. The van der Waals surface area contributed by atoms with Crippen LogP contribution in [0.2, 0.25) is 5.02 Å². The normalized spacial score (nSPS) is 10.2. The Bertz CT molecular complexity index is 901. The van der Waals surface area contributed by atoms with Crippen molar-refractivity contribution in [3.05, 3.63) is 88.4 Å². The first kappa shape index (κ1) is 22.9. The van der Waals surface area contributed by atoms with Gasteiger partial charge in [-0.1, -0.05) is 41.9 Å². The highest BCUT2D eigenvalue weighted by Crippen LogP contribution is 2.29. The van der Waals surface area contributed by atoms with Gasteiger partial charge in [0, 0.05) is 18.1 Å². The van der Waals surface area contributed by atoms with Gasteiger partial charge in [-0.25, -0.2) is 0 Å². The van der Waals surface area contributed by atoms with Crippen LogP contribution in [0.4, 0.5) is 0 Å². The van der Waals surface area contributed by atoms with E-state index in [-0.39, 0.29) is 12.4 Å². The second-order valence-electron chi connectivity index (χ2n) is 6.36. The van der Waals surface area contributed by atoms with Gasteiger partial charge in [0.05, 0.1) is 14.2 Å². The first-order chi connectivity index (χ1) is 13.7. The van der Waals surface area contributed by atoms with Crippen LogP contribution in [0, 0.1) is 0 Å². The maximum Gasteiger partial charge on any atom is 0.161 e. The van der Waals surface area contributed by atoms with Crippen LogP contribution in [0.1, 0.15) is 16.7 Å². The minimum atomic E-state index is 0. The van der Waals surface area contributed by atoms with E-state index in [4.69, 9.17) is 25.8 Å². The number of ether oxygens (including phenoxy) is 3. The quantitative estimate of drug-likeness (QED) is 0.562. The molecular weight excluding hydrogens is 409 g/mol. The summed E-state index contributed by atoms with van der Waals surface area (Å²) in [6.07, 6.45) is 0. The zero-order chi connectivity index (χ0) is 19.8. The van der Waals surface area contributed by atoms with Gasteiger partial charge in [0.25, 0.3) is 0 Å². The SMILES string of the molecule is COc1ccc(CNCc2ccc(OCc3cccc(Cl)c3)c(OC)c2)cc1.[Cl-]. The van der Waals surface area contributed by atoms with Crippen LogP contribution in [0.3, 0.4) is 0 Å². The van der Waals surface area contributed by atoms with Crippen molar-refractivity contribution in [3.8, 4) is 17.2 Å². The van der Waals surface area contributed by atoms with Crippen LogP contribution in [0.25, 0.3) is 0 Å². The summed E-state index contributed by atoms with van der Waals surface area (Å²) >= 11 is 6.02. The van der Waals surface area contributed by atoms with Crippen molar-refractivity contribution >= 4 is 11.6 Å². The standard InChI is InChI=1S/C23H24ClNO3.ClH/c1-26-21-9-6-17(7-10-21)14-25-15-18-8-11-22(23(13-18)27-2)28-16-19-4-3-5-20(24)12-19;/h3-13,25H,14-16H2,1-2H3;1H/p-1. The van der Waals surface area contributed by atoms with Crippen molar-refractivity contribution in [2.24, 2.45) is 0 Å². The molecule has 0 aliphatic rings. The van der Waals surface area contributed by atoms with Crippen LogP contribution < -0.4 is 31.9 Å². The van der Waals surface area contributed by atoms with E-state index in [2.05, 4.69) is 17.4 Å². The van der Waals surface area contributed by atoms with Crippen molar-refractivity contribution in [3.63, 3.8) is 0 Å². The summed E-state index contributed by atoms with van der Waals surface area (Å²) in [6.45, 7) is 1.95. The topological polar surface area (TPSA) is 39.7 Å². The molecule has 0 aromatic heterocycles. The Balaban J connectivity index is 0.00000300. The molecule has 154 valence electrons. The fraction of sp³-hybridized carbons (Fsp3) is 0.217. The average molecular weight is 433 g/mol. The predicted octanol–water partition coefficient (Wildman–Crippen LogP) is 2.23. The smallest absolute Gasteiger partial charge is 0.161 e. The molecule has 0 fully saturated rings. The maximum absolute atomic E-state index is 6.02. The molecule has 0 radical (unpaired) electrons. The molecule has 0 spiro atoms. The zero-order valence-corrected chi connectivity index (χ0v) is 18.0. The van der Waals surface area contributed by atoms with Gasteiger partial charge in [0.2, 0.25) is 0 Å². The summed E-state index contributed by atoms with van der Waals surface area (Å²) in [5, 5.41) is 4.14. The van der Waals surface area contributed by atoms with Crippen LogP contribution in [0.5, 0.6) is 17.2 Å². The molecule has 0 saturated heterocycles. The second-order valence-corrected chi connectivity index (χ2v) is 6.79. The van der Waals surface area contributed by atoms with Gasteiger partial charge in [-0.3, -0.25) is 0 Å². The molecular formula is C23H24Cl2NO3-. The van der Waals surface area contributed by atoms with E-state index in [9.17, 15) is 0 Å². The number of benzene rings is 3. The molecule has 0 atom stereocenters. The third-order valence-corrected chi connectivity index (χ3v) is 4.56. The van der Waals surface area contributed by atoms with Crippen LogP contribution in [-0.4, -0.2) is 14.2 Å². The van der Waals surface area contributed by atoms with Gasteiger partial charge in [0.1, 0.15) is 12.4 Å². The predicted molar refractivity (Wildman–Crippen MR) is 112 cm³/mol. The van der Waals surface area contributed by atoms with Gasteiger partial charge in [0.15, 0.2) is 11.5 Å². The summed E-state index contributed by atoms with van der Waals surface area (Å²) in [5.41, 5.74) is 3.34. The highest BCUT2D eigenvalue weighted by molar-refractivity contribution is 6.30. The molecule has 4 nitrogen and oxygen atoms in total. The Morgan fingerprint density at radius 3 is 2.17 bits per heavy atom. The van der Waals surface area contributed by atoms with Crippen molar-refractivity contribution < 1.29 is 26.6 Å². The van der Waals surface area contributed by atoms with Gasteiger partial charge in [-0.15, -0.1) is 0 Å². The lowest BCUT2D eigenvalue weighted by Crippen LogP contribution is -3.00. The molecule has 3 aromatic rings. The zero-order valence-electron chi connectivity index (χ0n) is 16.5. The lowest BCUT2D eigenvalue weighted by atomic mass is 10.1. The van der Waals surface area contributed by atoms with E-state index in [1.165, 1.54) is 5.56 Å². The first-order valence-corrected chi connectivity index (χ1v) is 9.43. The van der Waals surface area contributed by atoms with Crippen LogP contribution in [0.15, 0.2) is 66.7 Å². The lowest BCUT2D eigenvalue weighted by molar-refractivity contribution is -0.00000647. The minimum absolute atomic E-state index is 0. The molecule has 0 aliphatic heterocycles. The van der Waals surface area contributed by atoms with Gasteiger partial charge >= 0.3 is 0 Å². The van der Waals surface area contributed by atoms with Crippen LogP contribution >= 0.6 is 11.6 Å². The van der Waals surface area contributed by atoms with Crippen molar-refractivity contribution in [2.45, 2.75) is 19.7 Å². The van der Waals surface area contributed by atoms with E-state index < -0.39 is 0 Å². The van der Waals surface area contributed by atoms with Crippen LogP contribution in [-0.2, 0) is 19.7 Å². The Kier molecular flexibility index (Phi) is 9.13. The molecule has 3 aromatic carbocycles. The van der Waals surface area contributed by atoms with E-state index in [1.807, 2.05) is 54.6 Å². The molecule has 0 bridgehead atoms. The van der Waals surface area contributed by atoms with Gasteiger partial charge in [-0.2, -0.15) is 0 Å². The lowest BCUT2D eigenvalue weighted by Gasteiger charge is -2.13. The molecule has 0 unspecified atom stereocenters. The van der Waals surface area contributed by atoms with Gasteiger partial charge < -0.3 is 31.9 Å². The fourth-order valence-corrected chi connectivity index (χ4v) is 3.04. The highest BCUT2D eigenvalue weighted by Gasteiger charge is 2.07. The van der Waals surface area contributed by atoms with E-state index >= 15 is 0 Å². The molecule has 0 heterocycles. The number of halogens is 2. The Morgan fingerprint density at radius 2 is 1.48 bits per heavy atom. The number of hydrogen-bond donors (Lipinski definition) is 1. The summed E-state index contributed by atoms with van der Waals surface area (Å²) in [7, 11) is 3.32. The molecule has 1 N–H and O–H groups in total. The van der Waals surface area contributed by atoms with Crippen molar-refractivity contribution in [1.29, 1.82) is 0 Å². The van der Waals surface area contributed by atoms with Gasteiger partial charge in [-0.05, 0) is 53.1 Å². The number of nitrogens with one attached hydrogen (secondary N) is 1. The van der Waals surface area contributed by atoms with E-state index in [0.717, 1.165) is 30.0 Å². The van der Waals surface area contributed by atoms with Crippen molar-refractivity contribution in [2.75, 3.05) is 14.2 Å². The third kappa shape index (κ3) is 6.86. The largest absolute Gasteiger partial charge is 1.00 e. The summed E-state index contributed by atoms with van der Waals surface area (Å²) in [6, 6.07) is 21.6. The Morgan fingerprint density at radius 1 is 0.759 bits per heavy atom. The number of hydrogen-bond acceptors (Lipinski definition) is 4. The first-order valence-electron chi connectivity index (χ1n) is 9.06. The average Bonchev–Trinajstić information content (AvgIpc) is 2.73. The van der Waals surface area contributed by atoms with E-state index in [0.29, 0.717) is 23.1 Å². The number of rotatable bonds is 9. The molecule has 3 rings (SSSR count). The Hall–Kier alpha value is -2.40.